The van der Waals surface area contributed by atoms with Crippen molar-refractivity contribution in [1.29, 1.82) is 5.26 Å². The molecule has 5 nitrogen and oxygen atoms in total. The molecule has 0 aliphatic carbocycles. The highest BCUT2D eigenvalue weighted by atomic mass is 32.1. The van der Waals surface area contributed by atoms with Gasteiger partial charge in [0.25, 0.3) is 0 Å². The Bertz CT molecular complexity index is 4670. The molecule has 0 saturated carbocycles. The Balaban J connectivity index is 1.25. The largest absolute Gasteiger partial charge is 0.456 e. The van der Waals surface area contributed by atoms with Gasteiger partial charge in [-0.15, -0.1) is 22.7 Å². The summed E-state index contributed by atoms with van der Waals surface area (Å²) in [7, 11) is 0. The number of aromatic nitrogens is 2. The Morgan fingerprint density at radius 2 is 0.971 bits per heavy atom. The molecular formula is C62H32N4OS2. The van der Waals surface area contributed by atoms with Gasteiger partial charge < -0.3 is 13.6 Å². The lowest BCUT2D eigenvalue weighted by Crippen LogP contribution is -2.08. The number of para-hydroxylation sites is 2. The maximum absolute atomic E-state index is 12.0. The zero-order chi connectivity index (χ0) is 45.5. The van der Waals surface area contributed by atoms with Gasteiger partial charge in [0, 0.05) is 74.4 Å². The third kappa shape index (κ3) is 5.15. The molecule has 0 saturated heterocycles. The first-order valence-corrected chi connectivity index (χ1v) is 24.5. The Kier molecular flexibility index (Phi) is 7.89. The summed E-state index contributed by atoms with van der Waals surface area (Å²) in [5.74, 6) is 0. The van der Waals surface area contributed by atoms with Crippen LogP contribution in [0, 0.1) is 17.9 Å². The lowest BCUT2D eigenvalue weighted by atomic mass is 9.88. The number of furan rings is 1. The van der Waals surface area contributed by atoms with Crippen molar-refractivity contribution in [1.82, 2.24) is 9.13 Å². The molecule has 0 fully saturated rings. The second-order valence-corrected chi connectivity index (χ2v) is 19.8. The van der Waals surface area contributed by atoms with Crippen LogP contribution in [-0.4, -0.2) is 9.13 Å². The van der Waals surface area contributed by atoms with E-state index in [4.69, 9.17) is 4.42 Å². The normalized spacial score (nSPS) is 12.0. The molecule has 318 valence electrons. The maximum atomic E-state index is 12.0. The first kappa shape index (κ1) is 38.2. The van der Waals surface area contributed by atoms with Crippen LogP contribution in [0.1, 0.15) is 5.56 Å². The lowest BCUT2D eigenvalue weighted by Gasteiger charge is -2.26. The van der Waals surface area contributed by atoms with E-state index in [1.807, 2.05) is 54.6 Å². The van der Waals surface area contributed by atoms with Crippen molar-refractivity contribution in [3.8, 4) is 39.7 Å². The molecule has 15 rings (SSSR count). The lowest BCUT2D eigenvalue weighted by molar-refractivity contribution is 0.669. The second kappa shape index (κ2) is 14.3. The molecule has 0 bridgehead atoms. The van der Waals surface area contributed by atoms with E-state index in [0.29, 0.717) is 22.5 Å². The standard InChI is InChI=1S/C62H32N4OS2/c1-64-56-54(35-16-4-2-5-17-35)47(34-63)57(65-48-24-12-8-20-37(48)45-33-51-46(32-49(45)65)38-21-9-13-25-50(38)67-51)55(36-18-6-3-7-19-36)60(56)66-58-41(28-30-43-39-22-10-14-26-52(39)68-61(43)58)42-29-31-44-40-23-11-15-27-53(40)69-62(44)59(42)66/h2-33H. The molecule has 0 N–H and O–H groups in total. The van der Waals surface area contributed by atoms with Crippen molar-refractivity contribution in [2.24, 2.45) is 0 Å². The number of thiophene rings is 2. The smallest absolute Gasteiger partial charge is 0.220 e. The van der Waals surface area contributed by atoms with Crippen LogP contribution in [0.4, 0.5) is 5.69 Å². The van der Waals surface area contributed by atoms with Gasteiger partial charge in [-0.25, -0.2) is 4.85 Å². The van der Waals surface area contributed by atoms with Gasteiger partial charge in [-0.1, -0.05) is 158 Å². The zero-order valence-corrected chi connectivity index (χ0v) is 38.1. The summed E-state index contributed by atoms with van der Waals surface area (Å²) in [4.78, 5) is 4.64. The molecule has 5 aromatic heterocycles. The molecule has 15 aromatic rings. The third-order valence-electron chi connectivity index (χ3n) is 14.2. The first-order valence-electron chi connectivity index (χ1n) is 22.8. The van der Waals surface area contributed by atoms with Gasteiger partial charge in [0.1, 0.15) is 17.2 Å². The number of nitriles is 1. The van der Waals surface area contributed by atoms with Crippen molar-refractivity contribution in [2.45, 2.75) is 0 Å². The summed E-state index contributed by atoms with van der Waals surface area (Å²) >= 11 is 3.59. The van der Waals surface area contributed by atoms with Crippen molar-refractivity contribution in [3.05, 3.63) is 211 Å². The van der Waals surface area contributed by atoms with Gasteiger partial charge in [-0.3, -0.25) is 0 Å². The van der Waals surface area contributed by atoms with E-state index in [9.17, 15) is 11.8 Å². The minimum atomic E-state index is 0.416. The molecule has 7 heteroatoms. The van der Waals surface area contributed by atoms with Crippen LogP contribution >= 0.6 is 22.7 Å². The highest BCUT2D eigenvalue weighted by molar-refractivity contribution is 7.27. The van der Waals surface area contributed by atoms with E-state index in [1.54, 1.807) is 22.7 Å². The van der Waals surface area contributed by atoms with Crippen molar-refractivity contribution in [2.75, 3.05) is 0 Å². The average Bonchev–Trinajstić information content (AvgIpc) is 4.22. The third-order valence-corrected chi connectivity index (χ3v) is 16.6. The maximum Gasteiger partial charge on any atom is 0.220 e. The summed E-state index contributed by atoms with van der Waals surface area (Å²) in [5.41, 5.74) is 11.0. The Morgan fingerprint density at radius 1 is 0.435 bits per heavy atom. The van der Waals surface area contributed by atoms with Crippen molar-refractivity contribution < 1.29 is 4.42 Å². The summed E-state index contributed by atoms with van der Waals surface area (Å²) in [5, 5.41) is 23.0. The van der Waals surface area contributed by atoms with E-state index in [0.717, 1.165) is 97.3 Å². The molecule has 0 aliphatic rings. The van der Waals surface area contributed by atoms with E-state index in [1.165, 1.54) is 30.9 Å². The molecule has 0 radical (unpaired) electrons. The van der Waals surface area contributed by atoms with E-state index in [-0.39, 0.29) is 0 Å². The highest BCUT2D eigenvalue weighted by Crippen LogP contribution is 2.55. The van der Waals surface area contributed by atoms with E-state index >= 15 is 0 Å². The van der Waals surface area contributed by atoms with Crippen molar-refractivity contribution in [3.63, 3.8) is 0 Å². The molecule has 5 heterocycles. The van der Waals surface area contributed by atoms with Gasteiger partial charge in [-0.2, -0.15) is 5.26 Å². The Hall–Kier alpha value is -8.98. The van der Waals surface area contributed by atoms with Crippen LogP contribution in [0.15, 0.2) is 199 Å². The summed E-state index contributed by atoms with van der Waals surface area (Å²) in [6.45, 7) is 9.47. The first-order chi connectivity index (χ1) is 34.2. The fourth-order valence-electron chi connectivity index (χ4n) is 11.3. The van der Waals surface area contributed by atoms with Crippen LogP contribution < -0.4 is 0 Å². The van der Waals surface area contributed by atoms with E-state index < -0.39 is 0 Å². The zero-order valence-electron chi connectivity index (χ0n) is 36.5. The molecule has 0 amide bonds. The summed E-state index contributed by atoms with van der Waals surface area (Å²) < 4.78 is 16.0. The van der Waals surface area contributed by atoms with Crippen LogP contribution in [-0.2, 0) is 0 Å². The Morgan fingerprint density at radius 3 is 1.59 bits per heavy atom. The number of hydrogen-bond donors (Lipinski definition) is 0. The number of rotatable bonds is 4. The van der Waals surface area contributed by atoms with Crippen LogP contribution in [0.2, 0.25) is 0 Å². The van der Waals surface area contributed by atoms with Crippen LogP contribution in [0.3, 0.4) is 0 Å². The van der Waals surface area contributed by atoms with Gasteiger partial charge in [0.2, 0.25) is 5.69 Å². The number of nitrogens with zero attached hydrogens (tertiary/aromatic N) is 4. The average molecular weight is 913 g/mol. The highest BCUT2D eigenvalue weighted by Gasteiger charge is 2.33. The molecule has 69 heavy (non-hydrogen) atoms. The predicted molar refractivity (Wildman–Crippen MR) is 290 cm³/mol. The minimum absolute atomic E-state index is 0.416. The van der Waals surface area contributed by atoms with Crippen LogP contribution in [0.5, 0.6) is 0 Å². The van der Waals surface area contributed by atoms with Gasteiger partial charge in [-0.05, 0) is 47.5 Å². The molecule has 0 unspecified atom stereocenters. The summed E-state index contributed by atoms with van der Waals surface area (Å²) in [6.07, 6.45) is 0. The SMILES string of the molecule is [C-]#[N+]c1c(-c2ccccc2)c(C#N)c(-n2c3ccccc3c3cc4oc5ccccc5c4cc32)c(-c2ccccc2)c1-n1c2c(ccc3c4ccccc4sc32)c2ccc3c4ccccc4sc3c21. The monoisotopic (exact) mass is 912 g/mol. The van der Waals surface area contributed by atoms with Gasteiger partial charge in [0.05, 0.1) is 55.0 Å². The quantitative estimate of drug-likeness (QED) is 0.165. The predicted octanol–water partition coefficient (Wildman–Crippen LogP) is 18.3. The van der Waals surface area contributed by atoms with Gasteiger partial charge in [0.15, 0.2) is 0 Å². The second-order valence-electron chi connectivity index (χ2n) is 17.7. The fraction of sp³-hybridized carbons (Fsp3) is 0. The minimum Gasteiger partial charge on any atom is -0.456 e. The molecule has 0 atom stereocenters. The van der Waals surface area contributed by atoms with Crippen LogP contribution in [0.25, 0.3) is 144 Å². The molecule has 0 aliphatic heterocycles. The van der Waals surface area contributed by atoms with E-state index in [2.05, 4.69) is 160 Å². The van der Waals surface area contributed by atoms with Gasteiger partial charge >= 0.3 is 0 Å². The number of hydrogen-bond acceptors (Lipinski definition) is 4. The fourth-order valence-corrected chi connectivity index (χ4v) is 13.8. The summed E-state index contributed by atoms with van der Waals surface area (Å²) in [6, 6.07) is 70.7. The molecular weight excluding hydrogens is 881 g/mol. The topological polar surface area (TPSA) is 51.1 Å². The molecule has 10 aromatic carbocycles. The number of fused-ring (bicyclic) bond motifs is 17. The molecule has 0 spiro atoms. The van der Waals surface area contributed by atoms with Crippen molar-refractivity contribution >= 4 is 134 Å². The number of benzene rings is 10. The Labute approximate surface area is 401 Å².